The molecule has 118 valence electrons. The largest absolute Gasteiger partial charge is 0.389 e. The van der Waals surface area contributed by atoms with E-state index < -0.39 is 19.6 Å². The van der Waals surface area contributed by atoms with Crippen LogP contribution in [0.2, 0.25) is 0 Å². The number of amides is 2. The zero-order chi connectivity index (χ0) is 16.0. The number of nitroso groups, excluding NO2 is 1. The van der Waals surface area contributed by atoms with Gasteiger partial charge in [-0.25, -0.2) is 4.79 Å². The van der Waals surface area contributed by atoms with Crippen molar-refractivity contribution in [3.8, 4) is 0 Å². The Balaban J connectivity index is 1.92. The fraction of sp³-hybridized carbons (Fsp3) is 0.333. The van der Waals surface area contributed by atoms with E-state index in [0.29, 0.717) is 0 Å². The Morgan fingerprint density at radius 1 is 1.32 bits per heavy atom. The van der Waals surface area contributed by atoms with E-state index in [1.54, 1.807) is 0 Å². The van der Waals surface area contributed by atoms with Gasteiger partial charge in [-0.2, -0.15) is 0 Å². The number of benzene rings is 1. The molecule has 1 fully saturated rings. The number of carbonyl (C=O) groups is 1. The van der Waals surface area contributed by atoms with Crippen molar-refractivity contribution in [3.05, 3.63) is 40.8 Å². The van der Waals surface area contributed by atoms with Crippen molar-refractivity contribution in [3.63, 3.8) is 0 Å². The van der Waals surface area contributed by atoms with Crippen molar-refractivity contribution in [1.29, 1.82) is 0 Å². The fourth-order valence-corrected chi connectivity index (χ4v) is 2.53. The maximum absolute atomic E-state index is 11.3. The summed E-state index contributed by atoms with van der Waals surface area (Å²) in [4.78, 5) is 38.0. The van der Waals surface area contributed by atoms with Crippen molar-refractivity contribution < 1.29 is 19.1 Å². The number of hydrogen-bond donors (Lipinski definition) is 3. The van der Waals surface area contributed by atoms with Crippen LogP contribution < -0.4 is 10.6 Å². The minimum atomic E-state index is -4.05. The summed E-state index contributed by atoms with van der Waals surface area (Å²) in [6.07, 6.45) is -0.299. The predicted octanol–water partition coefficient (Wildman–Crippen LogP) is 1.54. The zero-order valence-corrected chi connectivity index (χ0v) is 12.4. The Bertz CT molecular complexity index is 621. The van der Waals surface area contributed by atoms with E-state index in [4.69, 9.17) is 9.73 Å². The molecule has 1 aromatic carbocycles. The summed E-state index contributed by atoms with van der Waals surface area (Å²) < 4.78 is 11.2. The molecule has 1 heterocycles. The highest BCUT2D eigenvalue weighted by atomic mass is 31.2. The first-order chi connectivity index (χ1) is 10.5. The van der Waals surface area contributed by atoms with Crippen LogP contribution in [0.3, 0.4) is 0 Å². The molecule has 0 saturated carbocycles. The molecule has 0 radical (unpaired) electrons. The van der Waals surface area contributed by atoms with Gasteiger partial charge >= 0.3 is 13.6 Å². The molecule has 2 atom stereocenters. The van der Waals surface area contributed by atoms with Crippen LogP contribution in [0.25, 0.3) is 0 Å². The fourth-order valence-electron chi connectivity index (χ4n) is 1.85. The van der Waals surface area contributed by atoms with Gasteiger partial charge in [0.25, 0.3) is 0 Å². The summed E-state index contributed by atoms with van der Waals surface area (Å²) in [6.45, 7) is 0.224. The average molecular weight is 326 g/mol. The van der Waals surface area contributed by atoms with E-state index in [0.717, 1.165) is 5.56 Å². The third kappa shape index (κ3) is 4.64. The molecule has 0 aliphatic carbocycles. The van der Waals surface area contributed by atoms with Crippen LogP contribution in [0.5, 0.6) is 0 Å². The van der Waals surface area contributed by atoms with Crippen molar-refractivity contribution >= 4 is 19.4 Å². The molecule has 1 aliphatic rings. The van der Waals surface area contributed by atoms with Crippen molar-refractivity contribution in [2.75, 3.05) is 6.16 Å². The Morgan fingerprint density at radius 2 is 2.05 bits per heavy atom. The molecule has 1 aliphatic heterocycles. The molecule has 2 unspecified atom stereocenters. The number of oxime groups is 1. The lowest BCUT2D eigenvalue weighted by molar-refractivity contribution is 0.129. The van der Waals surface area contributed by atoms with Crippen molar-refractivity contribution in [2.24, 2.45) is 10.1 Å². The number of nitrogens with one attached hydrogen (secondary N) is 2. The third-order valence-corrected chi connectivity index (χ3v) is 4.05. The van der Waals surface area contributed by atoms with Gasteiger partial charge in [0, 0.05) is 4.95 Å². The molecule has 1 aromatic rings. The maximum Gasteiger partial charge on any atom is 0.350 e. The first-order valence-corrected chi connectivity index (χ1v) is 8.28. The lowest BCUT2D eigenvalue weighted by Crippen LogP contribution is -2.30. The van der Waals surface area contributed by atoms with Gasteiger partial charge in [-0.3, -0.25) is 9.88 Å². The molecule has 1 saturated heterocycles. The Hall–Kier alpha value is -2.25. The number of rotatable bonds is 7. The Labute approximate surface area is 126 Å². The highest BCUT2D eigenvalue weighted by Gasteiger charge is 2.31. The molecule has 9 nitrogen and oxygen atoms in total. The third-order valence-electron chi connectivity index (χ3n) is 2.95. The van der Waals surface area contributed by atoms with Gasteiger partial charge < -0.3 is 15.0 Å². The summed E-state index contributed by atoms with van der Waals surface area (Å²) >= 11 is 0. The van der Waals surface area contributed by atoms with E-state index in [9.17, 15) is 14.3 Å². The van der Waals surface area contributed by atoms with Gasteiger partial charge in [0.1, 0.15) is 6.61 Å². The van der Waals surface area contributed by atoms with Gasteiger partial charge in [0.15, 0.2) is 5.84 Å². The lowest BCUT2D eigenvalue weighted by atomic mass is 10.2. The van der Waals surface area contributed by atoms with E-state index in [-0.39, 0.29) is 25.0 Å². The molecule has 2 amide bonds. The van der Waals surface area contributed by atoms with Gasteiger partial charge in [-0.05, 0) is 12.0 Å². The Morgan fingerprint density at radius 3 is 2.73 bits per heavy atom. The number of urea groups is 1. The monoisotopic (exact) mass is 326 g/mol. The van der Waals surface area contributed by atoms with Gasteiger partial charge in [0.2, 0.25) is 0 Å². The molecule has 2 rings (SSSR count). The summed E-state index contributed by atoms with van der Waals surface area (Å²) in [5, 5.41) is 8.77. The second kappa shape index (κ2) is 7.15. The van der Waals surface area contributed by atoms with Crippen LogP contribution in [0.1, 0.15) is 12.0 Å². The molecule has 0 aromatic heterocycles. The SMILES string of the molecule is O=NP(=O)(O)CCC1NC(=O)N/C1=N\OCc1ccccc1. The van der Waals surface area contributed by atoms with Crippen LogP contribution in [-0.4, -0.2) is 29.0 Å². The second-order valence-corrected chi connectivity index (χ2v) is 6.59. The normalized spacial score (nSPS) is 21.8. The standard InChI is InChI=1S/C12H15N4O5P/c17-12-13-10(6-7-22(19,20)16-18)11(14-12)15-21-8-9-4-2-1-3-5-9/h1-5,10H,6-8H2,(H,19,20)(H2,13,14,15,17). The molecule has 22 heavy (non-hydrogen) atoms. The van der Waals surface area contributed by atoms with Gasteiger partial charge in [-0.1, -0.05) is 35.5 Å². The number of nitrogens with zero attached hydrogens (tertiary/aromatic N) is 2. The van der Waals surface area contributed by atoms with Crippen LogP contribution in [0, 0.1) is 4.91 Å². The number of hydrogen-bond acceptors (Lipinski definition) is 5. The topological polar surface area (TPSA) is 129 Å². The van der Waals surface area contributed by atoms with Crippen LogP contribution >= 0.6 is 7.52 Å². The lowest BCUT2D eigenvalue weighted by Gasteiger charge is -2.10. The first kappa shape index (κ1) is 16.1. The minimum Gasteiger partial charge on any atom is -0.389 e. The average Bonchev–Trinajstić information content (AvgIpc) is 2.86. The maximum atomic E-state index is 11.3. The highest BCUT2D eigenvalue weighted by Crippen LogP contribution is 2.42. The van der Waals surface area contributed by atoms with E-state index in [2.05, 4.69) is 20.7 Å². The first-order valence-electron chi connectivity index (χ1n) is 6.48. The molecular formula is C12H15N4O5P. The van der Waals surface area contributed by atoms with Crippen LogP contribution in [0.4, 0.5) is 4.79 Å². The van der Waals surface area contributed by atoms with Gasteiger partial charge in [-0.15, -0.1) is 4.91 Å². The molecule has 3 N–H and O–H groups in total. The minimum absolute atomic E-state index is 0.0474. The van der Waals surface area contributed by atoms with E-state index in [1.165, 1.54) is 0 Å². The summed E-state index contributed by atoms with van der Waals surface area (Å²) in [5.74, 6) is 0.201. The van der Waals surface area contributed by atoms with Crippen LogP contribution in [0.15, 0.2) is 40.4 Å². The van der Waals surface area contributed by atoms with Crippen molar-refractivity contribution in [2.45, 2.75) is 19.1 Å². The Kier molecular flexibility index (Phi) is 5.24. The zero-order valence-electron chi connectivity index (χ0n) is 11.5. The molecular weight excluding hydrogens is 311 g/mol. The number of amidine groups is 1. The molecule has 0 bridgehead atoms. The smallest absolute Gasteiger partial charge is 0.350 e. The summed E-state index contributed by atoms with van der Waals surface area (Å²) in [6, 6.07) is 8.21. The van der Waals surface area contributed by atoms with Crippen molar-refractivity contribution in [1.82, 2.24) is 10.6 Å². The van der Waals surface area contributed by atoms with Gasteiger partial charge in [0.05, 0.1) is 12.2 Å². The van der Waals surface area contributed by atoms with E-state index in [1.807, 2.05) is 30.3 Å². The highest BCUT2D eigenvalue weighted by molar-refractivity contribution is 7.56. The second-order valence-electron chi connectivity index (χ2n) is 4.65. The summed E-state index contributed by atoms with van der Waals surface area (Å²) in [5.41, 5.74) is 0.908. The van der Waals surface area contributed by atoms with Crippen LogP contribution in [-0.2, 0) is 16.0 Å². The molecule has 10 heteroatoms. The summed E-state index contributed by atoms with van der Waals surface area (Å²) in [7, 11) is -4.05. The molecule has 0 spiro atoms. The number of carbonyl (C=O) groups excluding carboxylic acids is 1. The quantitative estimate of drug-likeness (QED) is 0.397. The predicted molar refractivity (Wildman–Crippen MR) is 79.2 cm³/mol. The van der Waals surface area contributed by atoms with E-state index >= 15 is 0 Å².